The molecule has 5 nitrogen and oxygen atoms in total. The molecule has 1 unspecified atom stereocenters. The third-order valence-corrected chi connectivity index (χ3v) is 1.49. The first kappa shape index (κ1) is 12.4. The first-order chi connectivity index (χ1) is 6.39. The minimum atomic E-state index is -1.22. The van der Waals surface area contributed by atoms with Gasteiger partial charge in [0.15, 0.2) is 5.60 Å². The van der Waals surface area contributed by atoms with E-state index in [0.717, 1.165) is 0 Å². The summed E-state index contributed by atoms with van der Waals surface area (Å²) in [5.74, 6) is -0.954. The molecule has 0 rings (SSSR count). The van der Waals surface area contributed by atoms with Gasteiger partial charge in [0.05, 0.1) is 6.61 Å². The molecule has 0 bridgehead atoms. The Morgan fingerprint density at radius 2 is 1.93 bits per heavy atom. The highest BCUT2D eigenvalue weighted by atomic mass is 16.6. The summed E-state index contributed by atoms with van der Waals surface area (Å²) in [6, 6.07) is 1.85. The van der Waals surface area contributed by atoms with Crippen LogP contribution >= 0.6 is 0 Å². The molecular weight excluding hydrogens is 186 g/mol. The topological polar surface area (TPSA) is 76.4 Å². The molecule has 0 saturated heterocycles. The summed E-state index contributed by atoms with van der Waals surface area (Å²) in [4.78, 5) is 21.1. The molecule has 14 heavy (non-hydrogen) atoms. The van der Waals surface area contributed by atoms with Gasteiger partial charge in [-0.2, -0.15) is 5.26 Å². The highest BCUT2D eigenvalue weighted by Crippen LogP contribution is 2.14. The number of esters is 2. The van der Waals surface area contributed by atoms with E-state index in [1.165, 1.54) is 20.8 Å². The van der Waals surface area contributed by atoms with Gasteiger partial charge in [0.1, 0.15) is 6.07 Å². The zero-order valence-electron chi connectivity index (χ0n) is 8.49. The van der Waals surface area contributed by atoms with Gasteiger partial charge >= 0.3 is 11.9 Å². The molecular formula is C9H13NO4. The van der Waals surface area contributed by atoms with Crippen molar-refractivity contribution in [1.29, 1.82) is 5.26 Å². The summed E-state index contributed by atoms with van der Waals surface area (Å²) in [6.07, 6.45) is 0.169. The maximum atomic E-state index is 10.6. The Morgan fingerprint density at radius 1 is 1.36 bits per heavy atom. The molecule has 5 heteroatoms. The fraction of sp³-hybridized carbons (Fsp3) is 0.667. The summed E-state index contributed by atoms with van der Waals surface area (Å²) in [5, 5.41) is 8.73. The molecule has 1 atom stereocenters. The lowest BCUT2D eigenvalue weighted by atomic mass is 10.1. The van der Waals surface area contributed by atoms with Crippen LogP contribution < -0.4 is 0 Å². The Morgan fingerprint density at radius 3 is 2.29 bits per heavy atom. The van der Waals surface area contributed by atoms with E-state index in [1.54, 1.807) is 0 Å². The number of nitrogens with zero attached hydrogens (tertiary/aromatic N) is 1. The van der Waals surface area contributed by atoms with E-state index >= 15 is 0 Å². The molecule has 0 radical (unpaired) electrons. The molecule has 0 aliphatic rings. The Labute approximate surface area is 82.6 Å². The number of carbonyl (C=O) groups is 2. The second-order valence-electron chi connectivity index (χ2n) is 3.03. The quantitative estimate of drug-likeness (QED) is 0.625. The summed E-state index contributed by atoms with van der Waals surface area (Å²) in [5.41, 5.74) is -1.22. The van der Waals surface area contributed by atoms with Crippen molar-refractivity contribution >= 4 is 11.9 Å². The van der Waals surface area contributed by atoms with E-state index in [9.17, 15) is 9.59 Å². The van der Waals surface area contributed by atoms with E-state index in [0.29, 0.717) is 0 Å². The molecule has 0 heterocycles. The van der Waals surface area contributed by atoms with Crippen molar-refractivity contribution in [2.45, 2.75) is 32.8 Å². The Kier molecular flexibility index (Phi) is 4.64. The van der Waals surface area contributed by atoms with Crippen LogP contribution in [-0.2, 0) is 19.1 Å². The highest BCUT2D eigenvalue weighted by Gasteiger charge is 2.27. The fourth-order valence-electron chi connectivity index (χ4n) is 0.836. The van der Waals surface area contributed by atoms with Gasteiger partial charge in [0.2, 0.25) is 0 Å². The molecule has 0 aromatic rings. The zero-order chi connectivity index (χ0) is 11.2. The van der Waals surface area contributed by atoms with Crippen molar-refractivity contribution in [2.24, 2.45) is 0 Å². The number of hydrogen-bond donors (Lipinski definition) is 0. The van der Waals surface area contributed by atoms with E-state index in [1.807, 2.05) is 6.07 Å². The molecule has 0 amide bonds. The van der Waals surface area contributed by atoms with E-state index in [2.05, 4.69) is 4.74 Å². The normalized spacial score (nSPS) is 13.6. The predicted molar refractivity (Wildman–Crippen MR) is 47.0 cm³/mol. The van der Waals surface area contributed by atoms with Crippen molar-refractivity contribution in [3.63, 3.8) is 0 Å². The second kappa shape index (κ2) is 5.22. The summed E-state index contributed by atoms with van der Waals surface area (Å²) in [7, 11) is 0. The molecule has 0 aromatic carbocycles. The van der Waals surface area contributed by atoms with Gasteiger partial charge in [-0.1, -0.05) is 0 Å². The lowest BCUT2D eigenvalue weighted by molar-refractivity contribution is -0.152. The zero-order valence-corrected chi connectivity index (χ0v) is 8.49. The molecule has 0 saturated carbocycles. The van der Waals surface area contributed by atoms with Crippen LogP contribution in [0.3, 0.4) is 0 Å². The number of carbonyl (C=O) groups excluding carboxylic acids is 2. The first-order valence-corrected chi connectivity index (χ1v) is 4.14. The maximum Gasteiger partial charge on any atom is 0.304 e. The van der Waals surface area contributed by atoms with Gasteiger partial charge < -0.3 is 9.47 Å². The minimum absolute atomic E-state index is 0.0622. The van der Waals surface area contributed by atoms with Gasteiger partial charge in [-0.3, -0.25) is 9.59 Å². The minimum Gasteiger partial charge on any atom is -0.466 e. The van der Waals surface area contributed by atoms with Crippen LogP contribution in [0, 0.1) is 11.3 Å². The van der Waals surface area contributed by atoms with Crippen LogP contribution in [0.15, 0.2) is 0 Å². The van der Waals surface area contributed by atoms with Crippen molar-refractivity contribution in [1.82, 2.24) is 0 Å². The predicted octanol–water partition coefficient (Wildman–Crippen LogP) is 0.785. The molecule has 0 aromatic heterocycles. The van der Waals surface area contributed by atoms with Gasteiger partial charge in [-0.05, 0) is 6.92 Å². The lowest BCUT2D eigenvalue weighted by Crippen LogP contribution is -2.30. The van der Waals surface area contributed by atoms with E-state index < -0.39 is 17.5 Å². The fourth-order valence-corrected chi connectivity index (χ4v) is 0.836. The van der Waals surface area contributed by atoms with Crippen LogP contribution in [0.5, 0.6) is 0 Å². The monoisotopic (exact) mass is 199 g/mol. The molecule has 0 fully saturated rings. The molecule has 0 N–H and O–H groups in total. The standard InChI is InChI=1S/C9H13NO4/c1-7(11)13-5-4-9(3,6-10)14-8(2)12/h4-5H2,1-3H3. The number of rotatable bonds is 4. The lowest BCUT2D eigenvalue weighted by Gasteiger charge is -2.20. The van der Waals surface area contributed by atoms with Crippen LogP contribution in [-0.4, -0.2) is 24.1 Å². The summed E-state index contributed by atoms with van der Waals surface area (Å²) < 4.78 is 9.42. The first-order valence-electron chi connectivity index (χ1n) is 4.14. The highest BCUT2D eigenvalue weighted by molar-refractivity contribution is 5.67. The van der Waals surface area contributed by atoms with Crippen LogP contribution in [0.25, 0.3) is 0 Å². The Bertz CT molecular complexity index is 268. The van der Waals surface area contributed by atoms with Crippen molar-refractivity contribution < 1.29 is 19.1 Å². The molecule has 0 aliphatic heterocycles. The van der Waals surface area contributed by atoms with Crippen LogP contribution in [0.1, 0.15) is 27.2 Å². The summed E-state index contributed by atoms with van der Waals surface area (Å²) in [6.45, 7) is 4.03. The third kappa shape index (κ3) is 5.14. The number of hydrogen-bond acceptors (Lipinski definition) is 5. The molecule has 78 valence electrons. The van der Waals surface area contributed by atoms with Gasteiger partial charge in [-0.15, -0.1) is 0 Å². The van der Waals surface area contributed by atoms with Crippen LogP contribution in [0.2, 0.25) is 0 Å². The molecule has 0 spiro atoms. The maximum absolute atomic E-state index is 10.6. The smallest absolute Gasteiger partial charge is 0.304 e. The molecule has 0 aliphatic carbocycles. The number of nitriles is 1. The van der Waals surface area contributed by atoms with Crippen molar-refractivity contribution in [2.75, 3.05) is 6.61 Å². The van der Waals surface area contributed by atoms with Gasteiger partial charge in [0.25, 0.3) is 0 Å². The average molecular weight is 199 g/mol. The van der Waals surface area contributed by atoms with E-state index in [4.69, 9.17) is 10.00 Å². The third-order valence-electron chi connectivity index (χ3n) is 1.49. The van der Waals surface area contributed by atoms with E-state index in [-0.39, 0.29) is 13.0 Å². The second-order valence-corrected chi connectivity index (χ2v) is 3.03. The van der Waals surface area contributed by atoms with Crippen molar-refractivity contribution in [3.8, 4) is 6.07 Å². The number of ether oxygens (including phenoxy) is 2. The van der Waals surface area contributed by atoms with Gasteiger partial charge in [0, 0.05) is 20.3 Å². The largest absolute Gasteiger partial charge is 0.466 e. The van der Waals surface area contributed by atoms with Crippen LogP contribution in [0.4, 0.5) is 0 Å². The SMILES string of the molecule is CC(=O)OCCC(C)(C#N)OC(C)=O. The average Bonchev–Trinajstić information content (AvgIpc) is 2.02. The summed E-state index contributed by atoms with van der Waals surface area (Å²) >= 11 is 0. The Balaban J connectivity index is 4.07. The van der Waals surface area contributed by atoms with Gasteiger partial charge in [-0.25, -0.2) is 0 Å². The Hall–Kier alpha value is -1.57. The van der Waals surface area contributed by atoms with Crippen molar-refractivity contribution in [3.05, 3.63) is 0 Å².